The Morgan fingerprint density at radius 2 is 1.74 bits per heavy atom. The molecule has 1 aliphatic rings. The first-order chi connectivity index (χ1) is 15.2. The van der Waals surface area contributed by atoms with Crippen molar-refractivity contribution in [3.05, 3.63) is 84.2 Å². The first-order valence-corrected chi connectivity index (χ1v) is 10.7. The minimum absolute atomic E-state index is 0.0975. The predicted octanol–water partition coefficient (Wildman–Crippen LogP) is 5.26. The second kappa shape index (κ2) is 8.26. The number of hydrogen-bond acceptors (Lipinski definition) is 3. The number of methoxy groups -OCH3 is 1. The number of rotatable bonds is 4. The fraction of sp³-hybridized carbons (Fsp3) is 0.231. The van der Waals surface area contributed by atoms with Gasteiger partial charge in [-0.2, -0.15) is 0 Å². The number of piperidine rings is 1. The van der Waals surface area contributed by atoms with Crippen LogP contribution in [0.15, 0.2) is 72.8 Å². The van der Waals surface area contributed by atoms with Crippen LogP contribution in [0.5, 0.6) is 5.75 Å². The van der Waals surface area contributed by atoms with Gasteiger partial charge in [0.15, 0.2) is 0 Å². The Balaban J connectivity index is 1.24. The lowest BCUT2D eigenvalue weighted by Gasteiger charge is -2.31. The third-order valence-corrected chi connectivity index (χ3v) is 6.11. The third kappa shape index (κ3) is 3.91. The summed E-state index contributed by atoms with van der Waals surface area (Å²) in [5.41, 5.74) is 4.96. The summed E-state index contributed by atoms with van der Waals surface area (Å²) in [6, 6.07) is 23.9. The second-order valence-corrected chi connectivity index (χ2v) is 8.01. The van der Waals surface area contributed by atoms with Crippen LogP contribution >= 0.6 is 0 Å². The molecule has 1 amide bonds. The molecule has 5 heteroatoms. The van der Waals surface area contributed by atoms with E-state index < -0.39 is 0 Å². The number of likely N-dealkylation sites (tertiary alicyclic amines) is 1. The van der Waals surface area contributed by atoms with Crippen molar-refractivity contribution in [3.63, 3.8) is 0 Å². The molecule has 0 bridgehead atoms. The molecule has 156 valence electrons. The van der Waals surface area contributed by atoms with Gasteiger partial charge in [0.25, 0.3) is 5.91 Å². The Kier molecular flexibility index (Phi) is 5.16. The number of H-pyrrole nitrogens is 1. The zero-order chi connectivity index (χ0) is 21.2. The maximum Gasteiger partial charge on any atom is 0.253 e. The molecule has 3 aromatic carbocycles. The summed E-state index contributed by atoms with van der Waals surface area (Å²) in [6.07, 6.45) is 1.85. The quantitative estimate of drug-likeness (QED) is 0.498. The molecule has 4 aromatic rings. The van der Waals surface area contributed by atoms with Crippen LogP contribution in [0.25, 0.3) is 22.2 Å². The Bertz CT molecular complexity index is 1170. The van der Waals surface area contributed by atoms with Gasteiger partial charge in [-0.1, -0.05) is 36.4 Å². The van der Waals surface area contributed by atoms with E-state index in [1.807, 2.05) is 71.6 Å². The number of aromatic nitrogens is 2. The molecule has 1 aliphatic heterocycles. The molecule has 0 saturated carbocycles. The molecule has 31 heavy (non-hydrogen) atoms. The number of ether oxygens (including phenoxy) is 1. The Morgan fingerprint density at radius 3 is 2.48 bits per heavy atom. The fourth-order valence-electron chi connectivity index (χ4n) is 4.31. The topological polar surface area (TPSA) is 58.2 Å². The van der Waals surface area contributed by atoms with E-state index in [2.05, 4.69) is 11.1 Å². The highest BCUT2D eigenvalue weighted by molar-refractivity contribution is 5.94. The lowest BCUT2D eigenvalue weighted by Crippen LogP contribution is -2.38. The SMILES string of the molecule is COc1cccc(-c2ccc(C(=O)N3CCC(c4nc5ccccc5[nH]4)CC3)cc2)c1. The zero-order valence-corrected chi connectivity index (χ0v) is 17.5. The number of nitrogens with zero attached hydrogens (tertiary/aromatic N) is 2. The summed E-state index contributed by atoms with van der Waals surface area (Å²) in [4.78, 5) is 23.2. The summed E-state index contributed by atoms with van der Waals surface area (Å²) in [5.74, 6) is 2.33. The van der Waals surface area contributed by atoms with E-state index in [9.17, 15) is 4.79 Å². The number of amides is 1. The fourth-order valence-corrected chi connectivity index (χ4v) is 4.31. The molecule has 1 N–H and O–H groups in total. The molecule has 0 spiro atoms. The van der Waals surface area contributed by atoms with E-state index in [4.69, 9.17) is 9.72 Å². The Hall–Kier alpha value is -3.60. The average molecular weight is 412 g/mol. The van der Waals surface area contributed by atoms with E-state index >= 15 is 0 Å². The van der Waals surface area contributed by atoms with Gasteiger partial charge in [-0.05, 0) is 60.4 Å². The maximum absolute atomic E-state index is 13.0. The van der Waals surface area contributed by atoms with Gasteiger partial charge in [-0.3, -0.25) is 4.79 Å². The summed E-state index contributed by atoms with van der Waals surface area (Å²) < 4.78 is 5.31. The van der Waals surface area contributed by atoms with E-state index in [0.717, 1.165) is 65.2 Å². The molecule has 1 saturated heterocycles. The molecule has 5 nitrogen and oxygen atoms in total. The van der Waals surface area contributed by atoms with E-state index in [0.29, 0.717) is 5.92 Å². The number of carbonyl (C=O) groups excluding carboxylic acids is 1. The highest BCUT2D eigenvalue weighted by atomic mass is 16.5. The minimum Gasteiger partial charge on any atom is -0.497 e. The number of carbonyl (C=O) groups is 1. The van der Waals surface area contributed by atoms with Crippen molar-refractivity contribution in [2.24, 2.45) is 0 Å². The number of imidazole rings is 1. The molecule has 1 fully saturated rings. The Labute approximate surface area is 181 Å². The van der Waals surface area contributed by atoms with Gasteiger partial charge >= 0.3 is 0 Å². The molecule has 5 rings (SSSR count). The highest BCUT2D eigenvalue weighted by Crippen LogP contribution is 2.29. The lowest BCUT2D eigenvalue weighted by molar-refractivity contribution is 0.0711. The van der Waals surface area contributed by atoms with Crippen LogP contribution in [0.4, 0.5) is 0 Å². The molecule has 2 heterocycles. The summed E-state index contributed by atoms with van der Waals surface area (Å²) in [6.45, 7) is 1.50. The molecular weight excluding hydrogens is 386 g/mol. The minimum atomic E-state index is 0.0975. The van der Waals surface area contributed by atoms with E-state index in [-0.39, 0.29) is 5.91 Å². The number of benzene rings is 3. The van der Waals surface area contributed by atoms with Crippen LogP contribution in [-0.2, 0) is 0 Å². The summed E-state index contributed by atoms with van der Waals surface area (Å²) in [7, 11) is 1.66. The van der Waals surface area contributed by atoms with Crippen molar-refractivity contribution in [2.75, 3.05) is 20.2 Å². The zero-order valence-electron chi connectivity index (χ0n) is 17.5. The standard InChI is InChI=1S/C26H25N3O2/c1-31-22-6-4-5-21(17-22)18-9-11-20(12-10-18)26(30)29-15-13-19(14-16-29)25-27-23-7-2-3-8-24(23)28-25/h2-12,17,19H,13-16H2,1H3,(H,27,28). The number of hydrogen-bond donors (Lipinski definition) is 1. The van der Waals surface area contributed by atoms with E-state index in [1.54, 1.807) is 7.11 Å². The van der Waals surface area contributed by atoms with Crippen molar-refractivity contribution in [1.29, 1.82) is 0 Å². The van der Waals surface area contributed by atoms with Crippen molar-refractivity contribution in [2.45, 2.75) is 18.8 Å². The lowest BCUT2D eigenvalue weighted by atomic mass is 9.95. The first kappa shape index (κ1) is 19.4. The molecule has 0 radical (unpaired) electrons. The summed E-state index contributed by atoms with van der Waals surface area (Å²) >= 11 is 0. The molecule has 1 aromatic heterocycles. The van der Waals surface area contributed by atoms with Crippen molar-refractivity contribution in [1.82, 2.24) is 14.9 Å². The largest absolute Gasteiger partial charge is 0.497 e. The maximum atomic E-state index is 13.0. The normalized spacial score (nSPS) is 14.7. The molecular formula is C26H25N3O2. The van der Waals surface area contributed by atoms with Crippen LogP contribution in [0, 0.1) is 0 Å². The van der Waals surface area contributed by atoms with Gasteiger partial charge < -0.3 is 14.6 Å². The van der Waals surface area contributed by atoms with Crippen molar-refractivity contribution < 1.29 is 9.53 Å². The molecule has 0 atom stereocenters. The van der Waals surface area contributed by atoms with E-state index in [1.165, 1.54) is 0 Å². The molecule has 0 aliphatic carbocycles. The summed E-state index contributed by atoms with van der Waals surface area (Å²) in [5, 5.41) is 0. The number of fused-ring (bicyclic) bond motifs is 1. The van der Waals surface area contributed by atoms with Crippen LogP contribution in [0.1, 0.15) is 34.9 Å². The van der Waals surface area contributed by atoms with Crippen LogP contribution in [-0.4, -0.2) is 41.0 Å². The van der Waals surface area contributed by atoms with Gasteiger partial charge in [-0.25, -0.2) is 4.98 Å². The number of nitrogens with one attached hydrogen (secondary N) is 1. The Morgan fingerprint density at radius 1 is 0.968 bits per heavy atom. The third-order valence-electron chi connectivity index (χ3n) is 6.11. The molecule has 0 unspecified atom stereocenters. The van der Waals surface area contributed by atoms with Gasteiger partial charge in [0.1, 0.15) is 11.6 Å². The second-order valence-electron chi connectivity index (χ2n) is 8.01. The first-order valence-electron chi connectivity index (χ1n) is 10.7. The van der Waals surface area contributed by atoms with Crippen molar-refractivity contribution in [3.8, 4) is 16.9 Å². The van der Waals surface area contributed by atoms with Crippen LogP contribution in [0.2, 0.25) is 0 Å². The highest BCUT2D eigenvalue weighted by Gasteiger charge is 2.26. The van der Waals surface area contributed by atoms with Crippen molar-refractivity contribution >= 4 is 16.9 Å². The van der Waals surface area contributed by atoms with Crippen LogP contribution < -0.4 is 4.74 Å². The smallest absolute Gasteiger partial charge is 0.253 e. The monoisotopic (exact) mass is 411 g/mol. The number of para-hydroxylation sites is 2. The van der Waals surface area contributed by atoms with Gasteiger partial charge in [-0.15, -0.1) is 0 Å². The van der Waals surface area contributed by atoms with Crippen LogP contribution in [0.3, 0.4) is 0 Å². The van der Waals surface area contributed by atoms with Gasteiger partial charge in [0.2, 0.25) is 0 Å². The van der Waals surface area contributed by atoms with Gasteiger partial charge in [0, 0.05) is 24.6 Å². The predicted molar refractivity (Wildman–Crippen MR) is 122 cm³/mol. The number of aromatic amines is 1. The van der Waals surface area contributed by atoms with Gasteiger partial charge in [0.05, 0.1) is 18.1 Å². The average Bonchev–Trinajstić information content (AvgIpc) is 3.28.